The Morgan fingerprint density at radius 1 is 1.15 bits per heavy atom. The Labute approximate surface area is 140 Å². The molecule has 1 rings (SSSR count). The number of carbonyl (C=O) groups is 2. The number of hydrogen-bond donors (Lipinski definition) is 1. The normalized spacial score (nSPS) is 9.10. The van der Waals surface area contributed by atoms with E-state index in [-0.39, 0.29) is 5.69 Å². The van der Waals surface area contributed by atoms with E-state index >= 15 is 0 Å². The van der Waals surface area contributed by atoms with Crippen LogP contribution in [0.1, 0.15) is 13.8 Å². The van der Waals surface area contributed by atoms with E-state index in [2.05, 4.69) is 0 Å². The van der Waals surface area contributed by atoms with E-state index in [1.165, 1.54) is 26.0 Å². The Kier molecular flexibility index (Phi) is 6.80. The van der Waals surface area contributed by atoms with Crippen molar-refractivity contribution < 1.29 is 69.9 Å². The van der Waals surface area contributed by atoms with Crippen molar-refractivity contribution in [1.82, 2.24) is 0 Å². The molecule has 100 valence electrons. The molecular weight excluding hydrogens is 645 g/mol. The van der Waals surface area contributed by atoms with E-state index < -0.39 is 66.9 Å². The second kappa shape index (κ2) is 7.87. The molecule has 8 nitrogen and oxygen atoms in total. The molecule has 0 saturated heterocycles. The molecule has 0 aliphatic rings. The number of carbonyl (C=O) groups excluding carboxylic acids is 2. The van der Waals surface area contributed by atoms with Crippen LogP contribution in [0.15, 0.2) is 12.1 Å². The fraction of sp³-hybridized carbons (Fsp3) is 0.200. The Balaban J connectivity index is 3.11. The molecule has 0 heterocycles. The summed E-state index contributed by atoms with van der Waals surface area (Å²) in [5.74, 6) is -0.826. The predicted molar refractivity (Wildman–Crippen MR) is 60.3 cm³/mol. The van der Waals surface area contributed by atoms with Gasteiger partial charge < -0.3 is 0 Å². The van der Waals surface area contributed by atoms with Gasteiger partial charge in [0.2, 0.25) is 0 Å². The number of hydrogen-bond acceptors (Lipinski definition) is 7. The number of anilines is 1. The first-order valence-corrected chi connectivity index (χ1v) is 15.6. The zero-order valence-electron chi connectivity index (χ0n) is 11.0. The van der Waals surface area contributed by atoms with Crippen molar-refractivity contribution in [3.05, 3.63) is 22.2 Å². The molecule has 0 spiro atoms. The van der Waals surface area contributed by atoms with Gasteiger partial charge in [-0.2, -0.15) is 0 Å². The number of rotatable bonds is 5. The summed E-state index contributed by atoms with van der Waals surface area (Å²) in [6, 6.07) is 2.70. The maximum absolute atomic E-state index is 10.9. The molecule has 0 aromatic heterocycles. The zero-order valence-corrected chi connectivity index (χ0v) is 22.0. The third kappa shape index (κ3) is 5.31. The topological polar surface area (TPSA) is 122 Å². The van der Waals surface area contributed by atoms with Crippen LogP contribution in [-0.2, 0) is 64.9 Å². The molecule has 0 aliphatic heterocycles. The summed E-state index contributed by atoms with van der Waals surface area (Å²) in [5.41, 5.74) is 6.21. The molecule has 20 heavy (non-hydrogen) atoms. The van der Waals surface area contributed by atoms with Crippen LogP contribution in [0.3, 0.4) is 0 Å². The first-order valence-electron chi connectivity index (χ1n) is 5.63. The van der Waals surface area contributed by atoms with E-state index in [0.29, 0.717) is 11.8 Å². The van der Waals surface area contributed by atoms with Crippen molar-refractivity contribution in [2.45, 2.75) is 13.8 Å². The van der Waals surface area contributed by atoms with E-state index in [0.717, 1.165) is 0 Å². The second-order valence-corrected chi connectivity index (χ2v) is 14.4. The summed E-state index contributed by atoms with van der Waals surface area (Å²) in [5, 5.41) is 10.9. The zero-order chi connectivity index (χ0) is 15.3. The number of non-ortho nitro benzene ring substituents is 1. The molecule has 0 aliphatic carbocycles. The third-order valence-corrected chi connectivity index (χ3v) is 13.7. The number of nitrogens with zero attached hydrogens (tertiary/aromatic N) is 1. The van der Waals surface area contributed by atoms with Crippen molar-refractivity contribution in [1.29, 1.82) is 0 Å². The van der Waals surface area contributed by atoms with Gasteiger partial charge in [-0.05, 0) is 0 Å². The minimum atomic E-state index is -2.28. The fourth-order valence-corrected chi connectivity index (χ4v) is 13.3. The van der Waals surface area contributed by atoms with Gasteiger partial charge in [-0.15, -0.1) is 0 Å². The van der Waals surface area contributed by atoms with Gasteiger partial charge in [0.25, 0.3) is 0 Å². The summed E-state index contributed by atoms with van der Waals surface area (Å²) in [6.07, 6.45) is 0. The molecule has 0 saturated carbocycles. The SMILES string of the molecule is CC(=O)[O][Hg][c]1cc([N+](=O)[O-])c[c]([Hg][O]C(C)=O)c1N. The number of benzene rings is 1. The van der Waals surface area contributed by atoms with Gasteiger partial charge in [0, 0.05) is 0 Å². The van der Waals surface area contributed by atoms with E-state index in [4.69, 9.17) is 11.0 Å². The van der Waals surface area contributed by atoms with Gasteiger partial charge in [-0.3, -0.25) is 0 Å². The maximum atomic E-state index is 10.9. The molecule has 0 unspecified atom stereocenters. The number of nitro groups is 1. The van der Waals surface area contributed by atoms with Gasteiger partial charge in [-0.1, -0.05) is 0 Å². The number of nitrogens with two attached hydrogens (primary N) is 1. The number of nitro benzene ring substituents is 1. The van der Waals surface area contributed by atoms with Crippen LogP contribution >= 0.6 is 0 Å². The van der Waals surface area contributed by atoms with Crippen molar-refractivity contribution in [3.8, 4) is 0 Å². The van der Waals surface area contributed by atoms with Gasteiger partial charge in [0.15, 0.2) is 0 Å². The quantitative estimate of drug-likeness (QED) is 0.198. The van der Waals surface area contributed by atoms with Crippen LogP contribution < -0.4 is 11.9 Å². The van der Waals surface area contributed by atoms with Crippen LogP contribution in [-0.4, -0.2) is 16.9 Å². The molecule has 1 aromatic carbocycles. The average molecular weight is 655 g/mol. The Bertz CT molecular complexity index is 524. The molecule has 0 amide bonds. The van der Waals surface area contributed by atoms with Crippen LogP contribution in [0, 0.1) is 10.1 Å². The van der Waals surface area contributed by atoms with Gasteiger partial charge in [0.05, 0.1) is 0 Å². The first kappa shape index (κ1) is 17.3. The predicted octanol–water partition coefficient (Wildman–Crippen LogP) is -0.451. The monoisotopic (exact) mass is 658 g/mol. The Hall–Kier alpha value is -0.770. The van der Waals surface area contributed by atoms with Crippen LogP contribution in [0.25, 0.3) is 0 Å². The molecular formula is C10H10Hg2N2O6. The van der Waals surface area contributed by atoms with Crippen molar-refractivity contribution >= 4 is 29.5 Å². The fourth-order valence-electron chi connectivity index (χ4n) is 1.46. The van der Waals surface area contributed by atoms with Gasteiger partial charge in [-0.25, -0.2) is 0 Å². The van der Waals surface area contributed by atoms with Crippen LogP contribution in [0.2, 0.25) is 0 Å². The molecule has 10 heteroatoms. The number of nitrogen functional groups attached to an aromatic ring is 1. The van der Waals surface area contributed by atoms with E-state index in [9.17, 15) is 19.7 Å². The molecule has 2 N–H and O–H groups in total. The Morgan fingerprint density at radius 3 is 1.85 bits per heavy atom. The molecule has 0 fully saturated rings. The van der Waals surface area contributed by atoms with Gasteiger partial charge in [0.1, 0.15) is 0 Å². The van der Waals surface area contributed by atoms with E-state index in [1.54, 1.807) is 0 Å². The average Bonchev–Trinajstić information content (AvgIpc) is 2.35. The molecule has 0 radical (unpaired) electrons. The molecule has 0 bridgehead atoms. The molecule has 0 atom stereocenters. The summed E-state index contributed by atoms with van der Waals surface area (Å²) in [4.78, 5) is 32.1. The summed E-state index contributed by atoms with van der Waals surface area (Å²) < 4.78 is 11.2. The van der Waals surface area contributed by atoms with Crippen LogP contribution in [0.5, 0.6) is 0 Å². The van der Waals surface area contributed by atoms with Crippen molar-refractivity contribution in [2.75, 3.05) is 5.73 Å². The minimum absolute atomic E-state index is 0.108. The molecule has 1 aromatic rings. The summed E-state index contributed by atoms with van der Waals surface area (Å²) >= 11 is -4.57. The Morgan fingerprint density at radius 2 is 1.55 bits per heavy atom. The van der Waals surface area contributed by atoms with Crippen molar-refractivity contribution in [2.24, 2.45) is 0 Å². The second-order valence-electron chi connectivity index (χ2n) is 4.00. The van der Waals surface area contributed by atoms with Crippen molar-refractivity contribution in [3.63, 3.8) is 0 Å². The standard InChI is InChI=1S/C6H4N2O2.2C2H4O2.2Hg/c7-5-1-3-6(4-2-5)8(9)10;2*1-2(3)4;;/h3-4H,7H2;2*1H3,(H,3,4);;/q;;;2*+1/p-2. The first-order chi connectivity index (χ1) is 9.31. The summed E-state index contributed by atoms with van der Waals surface area (Å²) in [6.45, 7) is 2.57. The van der Waals surface area contributed by atoms with Crippen LogP contribution in [0.4, 0.5) is 11.4 Å². The summed E-state index contributed by atoms with van der Waals surface area (Å²) in [7, 11) is 0. The third-order valence-electron chi connectivity index (χ3n) is 2.41. The van der Waals surface area contributed by atoms with Gasteiger partial charge >= 0.3 is 141 Å². The van der Waals surface area contributed by atoms with E-state index in [1.807, 2.05) is 0 Å².